The molecule has 0 atom stereocenters. The van der Waals surface area contributed by atoms with E-state index in [9.17, 15) is 9.59 Å². The van der Waals surface area contributed by atoms with Crippen LogP contribution in [0.1, 0.15) is 10.4 Å². The highest BCUT2D eigenvalue weighted by Gasteiger charge is 2.06. The van der Waals surface area contributed by atoms with Gasteiger partial charge in [-0.05, 0) is 40.2 Å². The largest absolute Gasteiger partial charge is 0.496 e. The molecule has 1 aromatic rings. The van der Waals surface area contributed by atoms with Gasteiger partial charge in [0.2, 0.25) is 0 Å². The molecule has 0 aliphatic carbocycles. The molecule has 5 heteroatoms. The number of aliphatic carboxylic acids is 1. The van der Waals surface area contributed by atoms with E-state index in [0.29, 0.717) is 15.8 Å². The summed E-state index contributed by atoms with van der Waals surface area (Å²) in [6.07, 6.45) is 1.82. The second-order valence-corrected chi connectivity index (χ2v) is 3.74. The third kappa shape index (κ3) is 3.20. The Morgan fingerprint density at radius 1 is 1.38 bits per heavy atom. The van der Waals surface area contributed by atoms with E-state index in [0.717, 1.165) is 12.2 Å². The Kier molecular flexibility index (Phi) is 4.25. The fourth-order valence-corrected chi connectivity index (χ4v) is 1.60. The van der Waals surface area contributed by atoms with Crippen molar-refractivity contribution in [3.05, 3.63) is 40.4 Å². The lowest BCUT2D eigenvalue weighted by molar-refractivity contribution is -0.131. The number of carbonyl (C=O) groups excluding carboxylic acids is 1. The molecular weight excluding hydrogens is 276 g/mol. The van der Waals surface area contributed by atoms with Crippen molar-refractivity contribution in [1.29, 1.82) is 0 Å². The van der Waals surface area contributed by atoms with E-state index in [4.69, 9.17) is 9.84 Å². The summed E-state index contributed by atoms with van der Waals surface area (Å²) in [6, 6.07) is 4.78. The normalized spacial score (nSPS) is 10.4. The van der Waals surface area contributed by atoms with E-state index in [1.54, 1.807) is 18.2 Å². The maximum Gasteiger partial charge on any atom is 0.328 e. The molecule has 0 saturated heterocycles. The summed E-state index contributed by atoms with van der Waals surface area (Å²) in [7, 11) is 1.52. The van der Waals surface area contributed by atoms with Crippen LogP contribution in [0.25, 0.3) is 0 Å². The van der Waals surface area contributed by atoms with Gasteiger partial charge in [-0.1, -0.05) is 0 Å². The van der Waals surface area contributed by atoms with Crippen LogP contribution in [0.2, 0.25) is 0 Å². The number of rotatable bonds is 4. The lowest BCUT2D eigenvalue weighted by atomic mass is 10.1. The third-order valence-corrected chi connectivity index (χ3v) is 2.43. The predicted molar refractivity (Wildman–Crippen MR) is 61.8 cm³/mol. The summed E-state index contributed by atoms with van der Waals surface area (Å²) >= 11 is 3.24. The van der Waals surface area contributed by atoms with E-state index in [-0.39, 0.29) is 5.78 Å². The van der Waals surface area contributed by atoms with Gasteiger partial charge in [-0.2, -0.15) is 0 Å². The van der Waals surface area contributed by atoms with Gasteiger partial charge in [0.25, 0.3) is 0 Å². The van der Waals surface area contributed by atoms with Crippen LogP contribution in [-0.2, 0) is 4.79 Å². The Morgan fingerprint density at radius 2 is 2.06 bits per heavy atom. The molecule has 1 aromatic carbocycles. The number of benzene rings is 1. The number of halogens is 1. The van der Waals surface area contributed by atoms with Crippen LogP contribution in [0.4, 0.5) is 0 Å². The zero-order valence-corrected chi connectivity index (χ0v) is 10.0. The van der Waals surface area contributed by atoms with Gasteiger partial charge >= 0.3 is 5.97 Å². The van der Waals surface area contributed by atoms with Crippen LogP contribution >= 0.6 is 15.9 Å². The van der Waals surface area contributed by atoms with Gasteiger partial charge in [0.1, 0.15) is 5.75 Å². The molecule has 84 valence electrons. The fourth-order valence-electron chi connectivity index (χ4n) is 1.06. The Morgan fingerprint density at radius 3 is 2.56 bits per heavy atom. The van der Waals surface area contributed by atoms with E-state index in [1.165, 1.54) is 7.11 Å². The van der Waals surface area contributed by atoms with E-state index >= 15 is 0 Å². The number of hydrogen-bond acceptors (Lipinski definition) is 3. The van der Waals surface area contributed by atoms with Gasteiger partial charge in [-0.15, -0.1) is 0 Å². The zero-order valence-electron chi connectivity index (χ0n) is 8.44. The summed E-state index contributed by atoms with van der Waals surface area (Å²) in [4.78, 5) is 21.7. The van der Waals surface area contributed by atoms with Crippen LogP contribution in [0.5, 0.6) is 5.75 Å². The number of carboxylic acid groups (broad SMARTS) is 1. The Balaban J connectivity index is 2.93. The highest BCUT2D eigenvalue weighted by Crippen LogP contribution is 2.25. The van der Waals surface area contributed by atoms with Crippen LogP contribution in [0, 0.1) is 0 Å². The number of hydrogen-bond donors (Lipinski definition) is 1. The molecule has 1 N–H and O–H groups in total. The van der Waals surface area contributed by atoms with Gasteiger partial charge in [-0.25, -0.2) is 4.79 Å². The molecule has 0 heterocycles. The summed E-state index contributed by atoms with van der Waals surface area (Å²) in [5.74, 6) is -0.912. The number of carboxylic acids is 1. The molecule has 0 aliphatic heterocycles. The lowest BCUT2D eigenvalue weighted by Gasteiger charge is -2.03. The summed E-state index contributed by atoms with van der Waals surface area (Å²) < 4.78 is 5.65. The molecular formula is C11H9BrO4. The second-order valence-electron chi connectivity index (χ2n) is 2.89. The minimum atomic E-state index is -1.15. The first-order chi connectivity index (χ1) is 7.54. The zero-order chi connectivity index (χ0) is 12.1. The van der Waals surface area contributed by atoms with Crippen LogP contribution < -0.4 is 4.74 Å². The van der Waals surface area contributed by atoms with Crippen molar-refractivity contribution in [2.75, 3.05) is 7.11 Å². The minimum Gasteiger partial charge on any atom is -0.496 e. The number of methoxy groups -OCH3 is 1. The van der Waals surface area contributed by atoms with Crippen molar-refractivity contribution in [2.24, 2.45) is 0 Å². The minimum absolute atomic E-state index is 0.370. The highest BCUT2D eigenvalue weighted by molar-refractivity contribution is 9.10. The SMILES string of the molecule is COc1ccc(C(=O)C=CC(=O)O)cc1Br. The Hall–Kier alpha value is -1.62. The molecule has 0 spiro atoms. The van der Waals surface area contributed by atoms with Crippen molar-refractivity contribution in [3.8, 4) is 5.75 Å². The number of carbonyl (C=O) groups is 2. The van der Waals surface area contributed by atoms with E-state index in [2.05, 4.69) is 15.9 Å². The molecule has 4 nitrogen and oxygen atoms in total. The first kappa shape index (κ1) is 12.4. The first-order valence-electron chi connectivity index (χ1n) is 4.33. The standard InChI is InChI=1S/C11H9BrO4/c1-16-10-4-2-7(6-8(10)12)9(13)3-5-11(14)15/h2-6H,1H3,(H,14,15). The number of ether oxygens (including phenoxy) is 1. The second kappa shape index (κ2) is 5.46. The van der Waals surface area contributed by atoms with Crippen molar-refractivity contribution in [2.45, 2.75) is 0 Å². The highest BCUT2D eigenvalue weighted by atomic mass is 79.9. The molecule has 0 aromatic heterocycles. The topological polar surface area (TPSA) is 63.6 Å². The van der Waals surface area contributed by atoms with Gasteiger partial charge in [-0.3, -0.25) is 4.79 Å². The maximum absolute atomic E-state index is 11.5. The summed E-state index contributed by atoms with van der Waals surface area (Å²) in [5.41, 5.74) is 0.394. The van der Waals surface area contributed by atoms with Crippen LogP contribution in [0.3, 0.4) is 0 Å². The molecule has 1 rings (SSSR count). The molecule has 0 saturated carbocycles. The monoisotopic (exact) mass is 284 g/mol. The van der Waals surface area contributed by atoms with Crippen LogP contribution in [-0.4, -0.2) is 24.0 Å². The number of ketones is 1. The molecule has 0 bridgehead atoms. The molecule has 0 aliphatic rings. The Labute approximate surface area is 101 Å². The van der Waals surface area contributed by atoms with Crippen molar-refractivity contribution < 1.29 is 19.4 Å². The van der Waals surface area contributed by atoms with E-state index < -0.39 is 5.97 Å². The Bertz CT molecular complexity index is 451. The molecule has 0 radical (unpaired) electrons. The van der Waals surface area contributed by atoms with Gasteiger partial charge in [0.05, 0.1) is 11.6 Å². The predicted octanol–water partition coefficient (Wildman–Crippen LogP) is 2.28. The first-order valence-corrected chi connectivity index (χ1v) is 5.12. The molecule has 16 heavy (non-hydrogen) atoms. The molecule has 0 fully saturated rings. The van der Waals surface area contributed by atoms with Crippen molar-refractivity contribution >= 4 is 27.7 Å². The lowest BCUT2D eigenvalue weighted by Crippen LogP contribution is -1.97. The average Bonchev–Trinajstić information content (AvgIpc) is 2.25. The van der Waals surface area contributed by atoms with Crippen molar-refractivity contribution in [1.82, 2.24) is 0 Å². The van der Waals surface area contributed by atoms with Gasteiger partial charge < -0.3 is 9.84 Å². The van der Waals surface area contributed by atoms with Gasteiger partial charge in [0.15, 0.2) is 5.78 Å². The third-order valence-electron chi connectivity index (χ3n) is 1.81. The maximum atomic E-state index is 11.5. The summed E-state index contributed by atoms with van der Waals surface area (Å²) in [5, 5.41) is 8.38. The van der Waals surface area contributed by atoms with Gasteiger partial charge in [0, 0.05) is 11.6 Å². The fraction of sp³-hybridized carbons (Fsp3) is 0.0909. The quantitative estimate of drug-likeness (QED) is 0.681. The van der Waals surface area contributed by atoms with Crippen molar-refractivity contribution in [3.63, 3.8) is 0 Å². The van der Waals surface area contributed by atoms with E-state index in [1.807, 2.05) is 0 Å². The molecule has 0 amide bonds. The summed E-state index contributed by atoms with van der Waals surface area (Å²) in [6.45, 7) is 0. The average molecular weight is 285 g/mol. The smallest absolute Gasteiger partial charge is 0.328 e. The molecule has 0 unspecified atom stereocenters. The number of allylic oxidation sites excluding steroid dienone is 1. The van der Waals surface area contributed by atoms with Crippen LogP contribution in [0.15, 0.2) is 34.8 Å².